The molecule has 1 aliphatic rings. The van der Waals surface area contributed by atoms with Crippen LogP contribution >= 0.6 is 11.8 Å². The molecule has 0 bridgehead atoms. The van der Waals surface area contributed by atoms with Crippen LogP contribution in [0.1, 0.15) is 26.7 Å². The Morgan fingerprint density at radius 2 is 1.90 bits per heavy atom. The number of rotatable bonds is 7. The predicted octanol–water partition coefficient (Wildman–Crippen LogP) is 3.68. The van der Waals surface area contributed by atoms with Gasteiger partial charge in [0.2, 0.25) is 5.91 Å². The fourth-order valence-electron chi connectivity index (χ4n) is 3.38. The van der Waals surface area contributed by atoms with Crippen LogP contribution in [-0.2, 0) is 24.3 Å². The van der Waals surface area contributed by atoms with Gasteiger partial charge in [0.1, 0.15) is 0 Å². The zero-order valence-electron chi connectivity index (χ0n) is 17.6. The Labute approximate surface area is 187 Å². The molecule has 3 rings (SSSR count). The predicted molar refractivity (Wildman–Crippen MR) is 122 cm³/mol. The molecule has 0 saturated carbocycles. The number of hydrogen-bond donors (Lipinski definition) is 0. The number of hydrogen-bond acceptors (Lipinski definition) is 6. The van der Waals surface area contributed by atoms with Crippen molar-refractivity contribution in [2.45, 2.75) is 36.5 Å². The van der Waals surface area contributed by atoms with Gasteiger partial charge in [0.15, 0.2) is 0 Å². The summed E-state index contributed by atoms with van der Waals surface area (Å²) in [5.74, 6) is 0.277. The van der Waals surface area contributed by atoms with E-state index in [1.165, 1.54) is 11.2 Å². The first-order chi connectivity index (χ1) is 14.8. The Bertz CT molecular complexity index is 1040. The summed E-state index contributed by atoms with van der Waals surface area (Å²) in [5, 5.41) is 0. The molecule has 31 heavy (non-hydrogen) atoms. The lowest BCUT2D eigenvalue weighted by Crippen LogP contribution is -2.34. The van der Waals surface area contributed by atoms with Crippen LogP contribution in [-0.4, -0.2) is 45.7 Å². The van der Waals surface area contributed by atoms with Crippen LogP contribution in [0.2, 0.25) is 0 Å². The Hall–Kier alpha value is -2.52. The van der Waals surface area contributed by atoms with Crippen LogP contribution in [0.3, 0.4) is 0 Å². The van der Waals surface area contributed by atoms with E-state index in [0.717, 1.165) is 17.1 Å². The Morgan fingerprint density at radius 1 is 1.16 bits per heavy atom. The molecule has 166 valence electrons. The van der Waals surface area contributed by atoms with Gasteiger partial charge < -0.3 is 9.64 Å². The number of nitrogens with zero attached hydrogens (tertiary/aromatic N) is 2. The van der Waals surface area contributed by atoms with E-state index in [4.69, 9.17) is 4.74 Å². The zero-order valence-corrected chi connectivity index (χ0v) is 19.2. The summed E-state index contributed by atoms with van der Waals surface area (Å²) in [5.41, 5.74) is 1.06. The maximum atomic E-state index is 13.6. The van der Waals surface area contributed by atoms with Crippen molar-refractivity contribution in [2.24, 2.45) is 0 Å². The molecular weight excluding hydrogens is 436 g/mol. The second kappa shape index (κ2) is 10.2. The zero-order chi connectivity index (χ0) is 22.4. The molecule has 0 saturated heterocycles. The number of carbonyl (C=O) groups excluding carboxylic acids is 2. The summed E-state index contributed by atoms with van der Waals surface area (Å²) >= 11 is 1.61. The van der Waals surface area contributed by atoms with Gasteiger partial charge >= 0.3 is 5.97 Å². The van der Waals surface area contributed by atoms with Crippen molar-refractivity contribution < 1.29 is 22.7 Å². The topological polar surface area (TPSA) is 84.0 Å². The number of esters is 1. The molecule has 1 amide bonds. The lowest BCUT2D eigenvalue weighted by molar-refractivity contribution is -0.142. The first-order valence-electron chi connectivity index (χ1n) is 10.1. The van der Waals surface area contributed by atoms with Gasteiger partial charge in [-0.05, 0) is 49.4 Å². The van der Waals surface area contributed by atoms with Crippen molar-refractivity contribution in [1.29, 1.82) is 0 Å². The summed E-state index contributed by atoms with van der Waals surface area (Å²) in [6, 6.07) is 13.5. The molecule has 0 fully saturated rings. The minimum atomic E-state index is -3.98. The summed E-state index contributed by atoms with van der Waals surface area (Å²) < 4.78 is 33.4. The third kappa shape index (κ3) is 5.40. The van der Waals surface area contributed by atoms with Crippen LogP contribution in [0.4, 0.5) is 11.4 Å². The van der Waals surface area contributed by atoms with E-state index >= 15 is 0 Å². The number of fused-ring (bicyclic) bond motifs is 1. The second-order valence-electron chi connectivity index (χ2n) is 6.97. The summed E-state index contributed by atoms with van der Waals surface area (Å²) in [4.78, 5) is 26.7. The van der Waals surface area contributed by atoms with E-state index in [1.807, 2.05) is 0 Å². The maximum Gasteiger partial charge on any atom is 0.307 e. The number of para-hydroxylation sites is 1. The first kappa shape index (κ1) is 23.1. The van der Waals surface area contributed by atoms with E-state index in [-0.39, 0.29) is 30.4 Å². The molecular formula is C22H26N2O5S2. The van der Waals surface area contributed by atoms with Gasteiger partial charge in [0, 0.05) is 24.9 Å². The lowest BCUT2D eigenvalue weighted by Gasteiger charge is -2.26. The third-order valence-corrected chi connectivity index (χ3v) is 7.81. The number of amides is 1. The minimum absolute atomic E-state index is 0.0482. The normalized spacial score (nSPS) is 13.8. The average Bonchev–Trinajstić information content (AvgIpc) is 2.96. The number of thioether (sulfide) groups is 1. The molecule has 1 heterocycles. The van der Waals surface area contributed by atoms with Gasteiger partial charge in [0.05, 0.1) is 29.3 Å². The summed E-state index contributed by atoms with van der Waals surface area (Å²) in [7, 11) is -3.98. The van der Waals surface area contributed by atoms with E-state index in [2.05, 4.69) is 0 Å². The number of anilines is 2. The van der Waals surface area contributed by atoms with Gasteiger partial charge in [-0.1, -0.05) is 18.2 Å². The summed E-state index contributed by atoms with van der Waals surface area (Å²) in [6.45, 7) is 3.92. The van der Waals surface area contributed by atoms with Crippen molar-refractivity contribution in [2.75, 3.05) is 34.7 Å². The Balaban J connectivity index is 2.01. The highest BCUT2D eigenvalue weighted by molar-refractivity contribution is 7.99. The highest BCUT2D eigenvalue weighted by atomic mass is 32.2. The average molecular weight is 463 g/mol. The number of benzene rings is 2. The van der Waals surface area contributed by atoms with Crippen LogP contribution in [0.5, 0.6) is 0 Å². The molecule has 2 aromatic rings. The van der Waals surface area contributed by atoms with Gasteiger partial charge in [-0.3, -0.25) is 13.9 Å². The maximum absolute atomic E-state index is 13.6. The van der Waals surface area contributed by atoms with Crippen LogP contribution in [0.15, 0.2) is 58.3 Å². The van der Waals surface area contributed by atoms with E-state index in [1.54, 1.807) is 72.1 Å². The molecule has 9 heteroatoms. The number of sulfonamides is 1. The van der Waals surface area contributed by atoms with Crippen LogP contribution in [0, 0.1) is 0 Å². The van der Waals surface area contributed by atoms with E-state index in [0.29, 0.717) is 17.9 Å². The third-order valence-electron chi connectivity index (χ3n) is 4.84. The van der Waals surface area contributed by atoms with E-state index < -0.39 is 16.0 Å². The van der Waals surface area contributed by atoms with Crippen molar-refractivity contribution in [3.8, 4) is 0 Å². The molecule has 2 aromatic carbocycles. The molecule has 0 aromatic heterocycles. The van der Waals surface area contributed by atoms with Crippen molar-refractivity contribution in [3.05, 3.63) is 48.5 Å². The van der Waals surface area contributed by atoms with Crippen molar-refractivity contribution in [1.82, 2.24) is 0 Å². The standard InChI is InChI=1S/C22H26N2O5S2/c1-3-29-22(26)12-14-24(18-8-5-4-6-9-18)31(27,28)19-10-11-21-20(16-19)23(17(2)25)13-7-15-30-21/h4-6,8-11,16H,3,7,12-15H2,1-2H3. The fourth-order valence-corrected chi connectivity index (χ4v) is 5.84. The molecule has 7 nitrogen and oxygen atoms in total. The molecule has 1 aliphatic heterocycles. The largest absolute Gasteiger partial charge is 0.466 e. The highest BCUT2D eigenvalue weighted by Gasteiger charge is 2.28. The molecule has 0 atom stereocenters. The molecule has 0 radical (unpaired) electrons. The van der Waals surface area contributed by atoms with E-state index in [9.17, 15) is 18.0 Å². The quantitative estimate of drug-likeness (QED) is 0.584. The Morgan fingerprint density at radius 3 is 2.58 bits per heavy atom. The lowest BCUT2D eigenvalue weighted by atomic mass is 10.2. The molecule has 0 N–H and O–H groups in total. The fraction of sp³-hybridized carbons (Fsp3) is 0.364. The highest BCUT2D eigenvalue weighted by Crippen LogP contribution is 2.37. The van der Waals surface area contributed by atoms with Crippen molar-refractivity contribution in [3.63, 3.8) is 0 Å². The second-order valence-corrected chi connectivity index (χ2v) is 9.97. The van der Waals surface area contributed by atoms with Gasteiger partial charge in [-0.15, -0.1) is 11.8 Å². The first-order valence-corrected chi connectivity index (χ1v) is 12.6. The monoisotopic (exact) mass is 462 g/mol. The van der Waals surface area contributed by atoms with Gasteiger partial charge in [0.25, 0.3) is 10.0 Å². The van der Waals surface area contributed by atoms with Crippen LogP contribution in [0.25, 0.3) is 0 Å². The Kier molecular flexibility index (Phi) is 7.61. The smallest absolute Gasteiger partial charge is 0.307 e. The van der Waals surface area contributed by atoms with Crippen molar-refractivity contribution >= 4 is 45.0 Å². The molecule has 0 unspecified atom stereocenters. The minimum Gasteiger partial charge on any atom is -0.466 e. The van der Waals surface area contributed by atoms with Crippen LogP contribution < -0.4 is 9.21 Å². The van der Waals surface area contributed by atoms with Gasteiger partial charge in [-0.2, -0.15) is 0 Å². The number of ether oxygens (including phenoxy) is 1. The molecule has 0 spiro atoms. The number of carbonyl (C=O) groups is 2. The van der Waals surface area contributed by atoms with Gasteiger partial charge in [-0.25, -0.2) is 8.42 Å². The SMILES string of the molecule is CCOC(=O)CCN(c1ccccc1)S(=O)(=O)c1ccc2c(c1)N(C(C)=O)CCCS2. The summed E-state index contributed by atoms with van der Waals surface area (Å²) in [6.07, 6.45) is 0.763. The molecule has 0 aliphatic carbocycles.